The van der Waals surface area contributed by atoms with Crippen LogP contribution in [0.5, 0.6) is 0 Å². The van der Waals surface area contributed by atoms with Crippen LogP contribution in [0.1, 0.15) is 39.0 Å². The lowest BCUT2D eigenvalue weighted by Crippen LogP contribution is -2.42. The molecule has 0 aromatic rings. The summed E-state index contributed by atoms with van der Waals surface area (Å²) in [6.45, 7) is 3.00. The maximum absolute atomic E-state index is 11.7. The number of rotatable bonds is 2. The minimum absolute atomic E-state index is 0.127. The first-order valence-corrected chi connectivity index (χ1v) is 6.03. The summed E-state index contributed by atoms with van der Waals surface area (Å²) in [7, 11) is 0. The van der Waals surface area contributed by atoms with Gasteiger partial charge < -0.3 is 16.0 Å². The molecule has 2 rings (SSSR count). The van der Waals surface area contributed by atoms with Crippen molar-refractivity contribution in [3.8, 4) is 0 Å². The van der Waals surface area contributed by atoms with Gasteiger partial charge in [-0.3, -0.25) is 0 Å². The monoisotopic (exact) mass is 211 g/mol. The van der Waals surface area contributed by atoms with E-state index in [9.17, 15) is 4.79 Å². The molecule has 0 aromatic heterocycles. The highest BCUT2D eigenvalue weighted by Crippen LogP contribution is 2.24. The summed E-state index contributed by atoms with van der Waals surface area (Å²) < 4.78 is 0. The first-order valence-electron chi connectivity index (χ1n) is 6.03. The number of nitrogens with zero attached hydrogens (tertiary/aromatic N) is 1. The van der Waals surface area contributed by atoms with Crippen LogP contribution in [-0.4, -0.2) is 35.6 Å². The quantitative estimate of drug-likeness (QED) is 0.717. The number of carbonyl (C=O) groups excluding carboxylic acids is 1. The van der Waals surface area contributed by atoms with Gasteiger partial charge in [-0.2, -0.15) is 0 Å². The van der Waals surface area contributed by atoms with E-state index in [-0.39, 0.29) is 6.03 Å². The van der Waals surface area contributed by atoms with E-state index in [1.807, 2.05) is 4.90 Å². The predicted molar refractivity (Wildman–Crippen MR) is 59.5 cm³/mol. The van der Waals surface area contributed by atoms with Crippen molar-refractivity contribution >= 4 is 6.03 Å². The zero-order chi connectivity index (χ0) is 10.8. The van der Waals surface area contributed by atoms with Gasteiger partial charge in [0.15, 0.2) is 0 Å². The maximum Gasteiger partial charge on any atom is 0.317 e. The fourth-order valence-electron chi connectivity index (χ4n) is 2.58. The smallest absolute Gasteiger partial charge is 0.317 e. The molecule has 1 aliphatic carbocycles. The molecular weight excluding hydrogens is 190 g/mol. The fraction of sp³-hybridized carbons (Fsp3) is 0.909. The normalized spacial score (nSPS) is 36.8. The predicted octanol–water partition coefficient (Wildman–Crippen LogP) is 1.06. The molecule has 0 bridgehead atoms. The molecule has 0 spiro atoms. The summed E-state index contributed by atoms with van der Waals surface area (Å²) >= 11 is 0. The van der Waals surface area contributed by atoms with Crippen LogP contribution >= 0.6 is 0 Å². The minimum atomic E-state index is 0.127. The summed E-state index contributed by atoms with van der Waals surface area (Å²) in [5.41, 5.74) is 5.86. The van der Waals surface area contributed by atoms with Gasteiger partial charge in [0.2, 0.25) is 0 Å². The van der Waals surface area contributed by atoms with Gasteiger partial charge in [0, 0.05) is 24.7 Å². The molecule has 0 radical (unpaired) electrons. The van der Waals surface area contributed by atoms with Crippen molar-refractivity contribution in [1.29, 1.82) is 0 Å². The Morgan fingerprint density at radius 1 is 1.40 bits per heavy atom. The second-order valence-corrected chi connectivity index (χ2v) is 4.78. The zero-order valence-corrected chi connectivity index (χ0v) is 9.41. The topological polar surface area (TPSA) is 58.4 Å². The molecule has 2 aliphatic rings. The van der Waals surface area contributed by atoms with E-state index in [2.05, 4.69) is 12.2 Å². The van der Waals surface area contributed by atoms with E-state index >= 15 is 0 Å². The molecule has 2 amide bonds. The number of hydrogen-bond donors (Lipinski definition) is 2. The Kier molecular flexibility index (Phi) is 3.14. The van der Waals surface area contributed by atoms with Crippen LogP contribution in [0.15, 0.2) is 0 Å². The fourth-order valence-corrected chi connectivity index (χ4v) is 2.58. The molecule has 1 aliphatic heterocycles. The lowest BCUT2D eigenvalue weighted by Gasteiger charge is -2.32. The van der Waals surface area contributed by atoms with E-state index in [0.29, 0.717) is 18.1 Å². The Morgan fingerprint density at radius 2 is 2.07 bits per heavy atom. The largest absolute Gasteiger partial charge is 0.333 e. The molecule has 1 heterocycles. The molecule has 1 saturated heterocycles. The number of carbonyl (C=O) groups is 1. The van der Waals surface area contributed by atoms with E-state index in [0.717, 1.165) is 38.6 Å². The molecule has 2 fully saturated rings. The molecule has 0 aromatic carbocycles. The summed E-state index contributed by atoms with van der Waals surface area (Å²) in [6.07, 6.45) is 5.29. The lowest BCUT2D eigenvalue weighted by molar-refractivity contribution is 0.174. The average Bonchev–Trinajstić information content (AvgIpc) is 2.61. The lowest BCUT2D eigenvalue weighted by atomic mass is 9.91. The van der Waals surface area contributed by atoms with Crippen molar-refractivity contribution in [1.82, 2.24) is 10.2 Å². The third-order valence-electron chi connectivity index (χ3n) is 3.68. The van der Waals surface area contributed by atoms with Crippen molar-refractivity contribution in [3.63, 3.8) is 0 Å². The first kappa shape index (κ1) is 10.7. The van der Waals surface area contributed by atoms with Crippen LogP contribution < -0.4 is 11.1 Å². The third-order valence-corrected chi connectivity index (χ3v) is 3.68. The van der Waals surface area contributed by atoms with Gasteiger partial charge in [-0.25, -0.2) is 4.79 Å². The SMILES string of the molecule is CCC1CN(C2CCC(N)CC2)C(=O)N1. The van der Waals surface area contributed by atoms with Gasteiger partial charge in [0.05, 0.1) is 0 Å². The van der Waals surface area contributed by atoms with E-state index in [1.54, 1.807) is 0 Å². The summed E-state index contributed by atoms with van der Waals surface area (Å²) in [5.74, 6) is 0. The first-order chi connectivity index (χ1) is 7.20. The highest BCUT2D eigenvalue weighted by Gasteiger charge is 2.34. The Morgan fingerprint density at radius 3 is 2.60 bits per heavy atom. The molecular formula is C11H21N3O. The second kappa shape index (κ2) is 4.39. The third kappa shape index (κ3) is 2.25. The zero-order valence-electron chi connectivity index (χ0n) is 9.41. The highest BCUT2D eigenvalue weighted by atomic mass is 16.2. The Balaban J connectivity index is 1.91. The number of amides is 2. The van der Waals surface area contributed by atoms with Gasteiger partial charge in [0.25, 0.3) is 0 Å². The van der Waals surface area contributed by atoms with E-state index in [4.69, 9.17) is 5.73 Å². The van der Waals surface area contributed by atoms with Crippen molar-refractivity contribution in [2.75, 3.05) is 6.54 Å². The van der Waals surface area contributed by atoms with Gasteiger partial charge in [-0.15, -0.1) is 0 Å². The van der Waals surface area contributed by atoms with Crippen LogP contribution in [0.25, 0.3) is 0 Å². The minimum Gasteiger partial charge on any atom is -0.333 e. The molecule has 3 N–H and O–H groups in total. The Labute approximate surface area is 91.2 Å². The van der Waals surface area contributed by atoms with Crippen molar-refractivity contribution in [2.24, 2.45) is 5.73 Å². The van der Waals surface area contributed by atoms with Crippen LogP contribution in [0.4, 0.5) is 4.79 Å². The molecule has 1 atom stereocenters. The number of urea groups is 1. The molecule has 15 heavy (non-hydrogen) atoms. The Bertz CT molecular complexity index is 236. The number of hydrogen-bond acceptors (Lipinski definition) is 2. The Hall–Kier alpha value is -0.770. The van der Waals surface area contributed by atoms with E-state index < -0.39 is 0 Å². The summed E-state index contributed by atoms with van der Waals surface area (Å²) in [5, 5.41) is 3.02. The highest BCUT2D eigenvalue weighted by molar-refractivity contribution is 5.77. The van der Waals surface area contributed by atoms with Crippen LogP contribution in [0.2, 0.25) is 0 Å². The molecule has 86 valence electrons. The molecule has 1 unspecified atom stereocenters. The van der Waals surface area contributed by atoms with Crippen molar-refractivity contribution in [3.05, 3.63) is 0 Å². The number of nitrogens with one attached hydrogen (secondary N) is 1. The van der Waals surface area contributed by atoms with Crippen LogP contribution in [0.3, 0.4) is 0 Å². The van der Waals surface area contributed by atoms with Crippen LogP contribution in [-0.2, 0) is 0 Å². The van der Waals surface area contributed by atoms with Crippen LogP contribution in [0, 0.1) is 0 Å². The van der Waals surface area contributed by atoms with Gasteiger partial charge >= 0.3 is 6.03 Å². The van der Waals surface area contributed by atoms with Crippen molar-refractivity contribution in [2.45, 2.75) is 57.2 Å². The second-order valence-electron chi connectivity index (χ2n) is 4.78. The van der Waals surface area contributed by atoms with E-state index in [1.165, 1.54) is 0 Å². The van der Waals surface area contributed by atoms with Gasteiger partial charge in [-0.05, 0) is 32.1 Å². The van der Waals surface area contributed by atoms with Crippen molar-refractivity contribution < 1.29 is 4.79 Å². The number of nitrogens with two attached hydrogens (primary N) is 1. The molecule has 4 heteroatoms. The standard InChI is InChI=1S/C11H21N3O/c1-2-9-7-14(11(15)13-9)10-5-3-8(12)4-6-10/h8-10H,2-7,12H2,1H3,(H,13,15). The molecule has 1 saturated carbocycles. The molecule has 4 nitrogen and oxygen atoms in total. The summed E-state index contributed by atoms with van der Waals surface area (Å²) in [4.78, 5) is 13.7. The summed E-state index contributed by atoms with van der Waals surface area (Å²) in [6, 6.07) is 1.27. The van der Waals surface area contributed by atoms with Gasteiger partial charge in [0.1, 0.15) is 0 Å². The maximum atomic E-state index is 11.7. The van der Waals surface area contributed by atoms with Gasteiger partial charge in [-0.1, -0.05) is 6.92 Å². The average molecular weight is 211 g/mol.